The number of hydrogen-bond donors (Lipinski definition) is 1. The summed E-state index contributed by atoms with van der Waals surface area (Å²) in [5.41, 5.74) is 2.51. The Bertz CT molecular complexity index is 489. The van der Waals surface area contributed by atoms with Gasteiger partial charge in [-0.25, -0.2) is 0 Å². The lowest BCUT2D eigenvalue weighted by Gasteiger charge is -2.12. The molecule has 2 aromatic rings. The summed E-state index contributed by atoms with van der Waals surface area (Å²) in [6.07, 6.45) is 0. The van der Waals surface area contributed by atoms with Crippen LogP contribution in [0.5, 0.6) is 0 Å². The van der Waals surface area contributed by atoms with Crippen LogP contribution in [0.1, 0.15) is 5.56 Å². The van der Waals surface area contributed by atoms with Crippen molar-refractivity contribution in [2.75, 3.05) is 5.32 Å². The second-order valence-corrected chi connectivity index (χ2v) is 4.19. The average Bonchev–Trinajstić information content (AvgIpc) is 2.26. The number of rotatable bonds is 2. The third kappa shape index (κ3) is 2.31. The zero-order valence-corrected chi connectivity index (χ0v) is 10.0. The minimum Gasteiger partial charge on any atom is -0.353 e. The van der Waals surface area contributed by atoms with Gasteiger partial charge in [0.15, 0.2) is 0 Å². The van der Waals surface area contributed by atoms with Crippen molar-refractivity contribution in [1.82, 2.24) is 0 Å². The summed E-state index contributed by atoms with van der Waals surface area (Å²) in [4.78, 5) is 0. The maximum Gasteiger partial charge on any atom is 0.0762 e. The largest absolute Gasteiger partial charge is 0.353 e. The van der Waals surface area contributed by atoms with E-state index in [0.29, 0.717) is 15.7 Å². The number of anilines is 2. The molecule has 0 aliphatic rings. The lowest BCUT2D eigenvalue weighted by Crippen LogP contribution is -1.94. The maximum absolute atomic E-state index is 6.06. The van der Waals surface area contributed by atoms with Gasteiger partial charge in [0.1, 0.15) is 0 Å². The van der Waals surface area contributed by atoms with Gasteiger partial charge in [-0.05, 0) is 30.7 Å². The van der Waals surface area contributed by atoms with Crippen molar-refractivity contribution in [1.29, 1.82) is 0 Å². The second-order valence-electron chi connectivity index (χ2n) is 3.38. The summed E-state index contributed by atoms with van der Waals surface area (Å²) in [7, 11) is 0. The molecular weight excluding hydrogens is 241 g/mol. The zero-order valence-electron chi connectivity index (χ0n) is 8.50. The van der Waals surface area contributed by atoms with E-state index in [0.717, 1.165) is 11.3 Å². The second kappa shape index (κ2) is 4.77. The van der Waals surface area contributed by atoms with Crippen molar-refractivity contribution in [3.63, 3.8) is 0 Å². The van der Waals surface area contributed by atoms with E-state index < -0.39 is 0 Å². The van der Waals surface area contributed by atoms with E-state index >= 15 is 0 Å². The van der Waals surface area contributed by atoms with Crippen LogP contribution in [0.2, 0.25) is 10.0 Å². The van der Waals surface area contributed by atoms with Gasteiger partial charge in [0, 0.05) is 5.69 Å². The van der Waals surface area contributed by atoms with Gasteiger partial charge in [-0.15, -0.1) is 0 Å². The molecular formula is C13H10Cl2N. The summed E-state index contributed by atoms with van der Waals surface area (Å²) >= 11 is 12.1. The highest BCUT2D eigenvalue weighted by Gasteiger charge is 2.06. The molecule has 0 aliphatic heterocycles. The van der Waals surface area contributed by atoms with Crippen LogP contribution in [0.25, 0.3) is 0 Å². The SMILES string of the molecule is [CH2]c1ccccc1Nc1c(Cl)cccc1Cl. The van der Waals surface area contributed by atoms with Crippen molar-refractivity contribution in [3.05, 3.63) is 65.0 Å². The fraction of sp³-hybridized carbons (Fsp3) is 0. The first-order valence-electron chi connectivity index (χ1n) is 4.80. The highest BCUT2D eigenvalue weighted by Crippen LogP contribution is 2.33. The van der Waals surface area contributed by atoms with Gasteiger partial charge < -0.3 is 5.32 Å². The van der Waals surface area contributed by atoms with E-state index in [-0.39, 0.29) is 0 Å². The molecule has 0 saturated carbocycles. The Kier molecular flexibility index (Phi) is 3.37. The fourth-order valence-electron chi connectivity index (χ4n) is 1.39. The van der Waals surface area contributed by atoms with E-state index in [4.69, 9.17) is 23.2 Å². The molecule has 2 aromatic carbocycles. The first-order valence-corrected chi connectivity index (χ1v) is 5.56. The van der Waals surface area contributed by atoms with Gasteiger partial charge in [0.2, 0.25) is 0 Å². The Labute approximate surface area is 105 Å². The Hall–Kier alpha value is -1.18. The van der Waals surface area contributed by atoms with Crippen LogP contribution in [-0.4, -0.2) is 0 Å². The molecule has 0 saturated heterocycles. The Morgan fingerprint density at radius 2 is 1.50 bits per heavy atom. The van der Waals surface area contributed by atoms with E-state index in [1.165, 1.54) is 0 Å². The van der Waals surface area contributed by atoms with Crippen molar-refractivity contribution >= 4 is 34.6 Å². The van der Waals surface area contributed by atoms with E-state index in [2.05, 4.69) is 12.2 Å². The molecule has 2 rings (SSSR count). The smallest absolute Gasteiger partial charge is 0.0762 e. The van der Waals surface area contributed by atoms with Crippen molar-refractivity contribution < 1.29 is 0 Å². The molecule has 0 atom stereocenters. The summed E-state index contributed by atoms with van der Waals surface area (Å²) < 4.78 is 0. The van der Waals surface area contributed by atoms with Crippen molar-refractivity contribution in [3.8, 4) is 0 Å². The van der Waals surface area contributed by atoms with Crippen LogP contribution >= 0.6 is 23.2 Å². The van der Waals surface area contributed by atoms with E-state index in [9.17, 15) is 0 Å². The van der Waals surface area contributed by atoms with Crippen LogP contribution in [0.3, 0.4) is 0 Å². The third-order valence-electron chi connectivity index (χ3n) is 2.24. The van der Waals surface area contributed by atoms with Gasteiger partial charge in [-0.1, -0.05) is 47.5 Å². The summed E-state index contributed by atoms with van der Waals surface area (Å²) in [6.45, 7) is 3.93. The third-order valence-corrected chi connectivity index (χ3v) is 2.87. The highest BCUT2D eigenvalue weighted by atomic mass is 35.5. The summed E-state index contributed by atoms with van der Waals surface area (Å²) in [5, 5.41) is 4.37. The lowest BCUT2D eigenvalue weighted by atomic mass is 10.2. The minimum absolute atomic E-state index is 0.593. The first-order chi connectivity index (χ1) is 7.68. The van der Waals surface area contributed by atoms with Crippen LogP contribution in [0.4, 0.5) is 11.4 Å². The normalized spacial score (nSPS) is 10.2. The van der Waals surface area contributed by atoms with Crippen LogP contribution in [0.15, 0.2) is 42.5 Å². The van der Waals surface area contributed by atoms with Crippen molar-refractivity contribution in [2.45, 2.75) is 0 Å². The van der Waals surface area contributed by atoms with Gasteiger partial charge in [0.25, 0.3) is 0 Å². The topological polar surface area (TPSA) is 12.0 Å². The summed E-state index contributed by atoms with van der Waals surface area (Å²) in [5.74, 6) is 0. The molecule has 1 N–H and O–H groups in total. The fourth-order valence-corrected chi connectivity index (χ4v) is 1.89. The molecule has 0 aliphatic carbocycles. The number of hydrogen-bond acceptors (Lipinski definition) is 1. The van der Waals surface area contributed by atoms with Crippen LogP contribution in [0, 0.1) is 6.92 Å². The predicted molar refractivity (Wildman–Crippen MR) is 70.6 cm³/mol. The molecule has 0 fully saturated rings. The molecule has 3 heteroatoms. The number of nitrogens with one attached hydrogen (secondary N) is 1. The van der Waals surface area contributed by atoms with Gasteiger partial charge in [0.05, 0.1) is 15.7 Å². The molecule has 16 heavy (non-hydrogen) atoms. The molecule has 0 spiro atoms. The van der Waals surface area contributed by atoms with Crippen LogP contribution in [-0.2, 0) is 0 Å². The Morgan fingerprint density at radius 1 is 0.875 bits per heavy atom. The molecule has 0 bridgehead atoms. The van der Waals surface area contributed by atoms with Gasteiger partial charge >= 0.3 is 0 Å². The van der Waals surface area contributed by atoms with Crippen molar-refractivity contribution in [2.24, 2.45) is 0 Å². The van der Waals surface area contributed by atoms with E-state index in [1.807, 2.05) is 30.3 Å². The Morgan fingerprint density at radius 3 is 2.12 bits per heavy atom. The summed E-state index contributed by atoms with van der Waals surface area (Å²) in [6, 6.07) is 13.1. The first kappa shape index (κ1) is 11.3. The minimum atomic E-state index is 0.593. The molecule has 1 nitrogen and oxygen atoms in total. The molecule has 1 radical (unpaired) electrons. The quantitative estimate of drug-likeness (QED) is 0.798. The molecule has 0 heterocycles. The van der Waals surface area contributed by atoms with E-state index in [1.54, 1.807) is 12.1 Å². The average molecular weight is 251 g/mol. The zero-order chi connectivity index (χ0) is 11.5. The number of para-hydroxylation sites is 2. The number of benzene rings is 2. The standard InChI is InChI=1S/C13H10Cl2N/c1-9-5-2-3-8-12(9)16-13-10(14)6-4-7-11(13)15/h2-8,16H,1H2. The lowest BCUT2D eigenvalue weighted by molar-refractivity contribution is 1.51. The molecule has 0 amide bonds. The molecule has 81 valence electrons. The molecule has 0 aromatic heterocycles. The molecule has 0 unspecified atom stereocenters. The van der Waals surface area contributed by atoms with Crippen LogP contribution < -0.4 is 5.32 Å². The van der Waals surface area contributed by atoms with Gasteiger partial charge in [-0.2, -0.15) is 0 Å². The Balaban J connectivity index is 2.38. The predicted octanol–water partition coefficient (Wildman–Crippen LogP) is 4.92. The number of halogens is 2. The highest BCUT2D eigenvalue weighted by molar-refractivity contribution is 6.39. The maximum atomic E-state index is 6.06. The van der Waals surface area contributed by atoms with Gasteiger partial charge in [-0.3, -0.25) is 0 Å². The monoisotopic (exact) mass is 250 g/mol.